The van der Waals surface area contributed by atoms with Gasteiger partial charge in [0.15, 0.2) is 5.78 Å². The molecule has 1 aliphatic rings. The van der Waals surface area contributed by atoms with Crippen LogP contribution in [0.3, 0.4) is 0 Å². The van der Waals surface area contributed by atoms with Gasteiger partial charge in [0.05, 0.1) is 27.0 Å². The Morgan fingerprint density at radius 2 is 1.53 bits per heavy atom. The molecule has 0 atom stereocenters. The molecular formula is C20H19Cl3N2O4S. The summed E-state index contributed by atoms with van der Waals surface area (Å²) in [5.41, 5.74) is 0.970. The molecule has 1 fully saturated rings. The molecule has 0 bridgehead atoms. The van der Waals surface area contributed by atoms with Crippen LogP contribution in [-0.4, -0.2) is 44.4 Å². The van der Waals surface area contributed by atoms with Crippen LogP contribution in [0.1, 0.15) is 33.6 Å². The van der Waals surface area contributed by atoms with E-state index in [0.29, 0.717) is 47.1 Å². The van der Waals surface area contributed by atoms with Gasteiger partial charge in [-0.2, -0.15) is 0 Å². The summed E-state index contributed by atoms with van der Waals surface area (Å²) in [5, 5.41) is 0.917. The lowest BCUT2D eigenvalue weighted by atomic mass is 9.88. The number of ketones is 1. The number of hydrogen-bond donors (Lipinski definition) is 1. The number of nitrogens with zero attached hydrogens (tertiary/aromatic N) is 1. The number of hydrogen-bond acceptors (Lipinski definition) is 4. The molecule has 2 aromatic carbocycles. The highest BCUT2D eigenvalue weighted by molar-refractivity contribution is 7.92. The van der Waals surface area contributed by atoms with E-state index in [1.165, 1.54) is 12.1 Å². The second-order valence-corrected chi connectivity index (χ2v) is 10.1. The van der Waals surface area contributed by atoms with Gasteiger partial charge in [-0.1, -0.05) is 34.8 Å². The van der Waals surface area contributed by atoms with Crippen LogP contribution < -0.4 is 4.72 Å². The summed E-state index contributed by atoms with van der Waals surface area (Å²) < 4.78 is 25.3. The first-order valence-electron chi connectivity index (χ1n) is 9.11. The maximum atomic E-state index is 12.8. The number of carbonyl (C=O) groups excluding carboxylic acids is 2. The highest BCUT2D eigenvalue weighted by Crippen LogP contribution is 2.29. The van der Waals surface area contributed by atoms with Crippen molar-refractivity contribution in [2.24, 2.45) is 5.92 Å². The summed E-state index contributed by atoms with van der Waals surface area (Å²) in [7, 11) is -3.53. The first-order valence-corrected chi connectivity index (χ1v) is 12.1. The third-order valence-electron chi connectivity index (χ3n) is 4.87. The third kappa shape index (κ3) is 5.46. The number of benzene rings is 2. The van der Waals surface area contributed by atoms with E-state index >= 15 is 0 Å². The van der Waals surface area contributed by atoms with Crippen molar-refractivity contribution in [1.82, 2.24) is 4.90 Å². The van der Waals surface area contributed by atoms with Crippen molar-refractivity contribution < 1.29 is 18.0 Å². The van der Waals surface area contributed by atoms with Crippen molar-refractivity contribution in [2.75, 3.05) is 24.1 Å². The van der Waals surface area contributed by atoms with E-state index in [9.17, 15) is 18.0 Å². The van der Waals surface area contributed by atoms with Crippen LogP contribution in [0, 0.1) is 5.92 Å². The molecule has 0 spiro atoms. The van der Waals surface area contributed by atoms with Gasteiger partial charge in [-0.25, -0.2) is 8.42 Å². The fraction of sp³-hybridized carbons (Fsp3) is 0.300. The van der Waals surface area contributed by atoms with E-state index in [0.717, 1.165) is 6.26 Å². The molecule has 160 valence electrons. The van der Waals surface area contributed by atoms with Crippen molar-refractivity contribution in [1.29, 1.82) is 0 Å². The highest BCUT2D eigenvalue weighted by atomic mass is 35.5. The van der Waals surface area contributed by atoms with Crippen LogP contribution in [-0.2, 0) is 10.0 Å². The van der Waals surface area contributed by atoms with Gasteiger partial charge in [-0.05, 0) is 49.2 Å². The Kier molecular flexibility index (Phi) is 6.97. The Labute approximate surface area is 190 Å². The normalized spacial score (nSPS) is 15.1. The zero-order chi connectivity index (χ0) is 22.1. The molecular weight excluding hydrogens is 471 g/mol. The first kappa shape index (κ1) is 22.9. The van der Waals surface area contributed by atoms with Gasteiger partial charge in [-0.3, -0.25) is 14.3 Å². The molecule has 1 amide bonds. The monoisotopic (exact) mass is 488 g/mol. The Hall–Kier alpha value is -1.80. The smallest absolute Gasteiger partial charge is 0.253 e. The van der Waals surface area contributed by atoms with E-state index in [1.54, 1.807) is 29.2 Å². The van der Waals surface area contributed by atoms with Gasteiger partial charge in [0, 0.05) is 30.1 Å². The number of sulfonamides is 1. The lowest BCUT2D eigenvalue weighted by molar-refractivity contribution is 0.0650. The number of nitrogens with one attached hydrogen (secondary N) is 1. The van der Waals surface area contributed by atoms with Crippen LogP contribution >= 0.6 is 34.8 Å². The minimum atomic E-state index is -3.53. The molecule has 6 nitrogen and oxygen atoms in total. The Morgan fingerprint density at radius 3 is 2.13 bits per heavy atom. The quantitative estimate of drug-likeness (QED) is 0.614. The minimum absolute atomic E-state index is 0.0215. The van der Waals surface area contributed by atoms with Gasteiger partial charge in [0.1, 0.15) is 0 Å². The maximum absolute atomic E-state index is 12.8. The van der Waals surface area contributed by atoms with Crippen molar-refractivity contribution in [3.8, 4) is 0 Å². The lowest BCUT2D eigenvalue weighted by Gasteiger charge is -2.31. The zero-order valence-corrected chi connectivity index (χ0v) is 19.1. The second-order valence-electron chi connectivity index (χ2n) is 7.13. The van der Waals surface area contributed by atoms with Crippen LogP contribution in [0.25, 0.3) is 0 Å². The topological polar surface area (TPSA) is 83.6 Å². The summed E-state index contributed by atoms with van der Waals surface area (Å²) in [5.74, 6) is -0.477. The number of halogens is 3. The van der Waals surface area contributed by atoms with Gasteiger partial charge in [-0.15, -0.1) is 0 Å². The number of rotatable bonds is 5. The molecule has 1 N–H and O–H groups in total. The number of anilines is 1. The van der Waals surface area contributed by atoms with Crippen molar-refractivity contribution in [2.45, 2.75) is 12.8 Å². The molecule has 2 aromatic rings. The van der Waals surface area contributed by atoms with Crippen molar-refractivity contribution >= 4 is 62.2 Å². The minimum Gasteiger partial charge on any atom is -0.339 e. The van der Waals surface area contributed by atoms with Crippen LogP contribution in [0.2, 0.25) is 15.1 Å². The maximum Gasteiger partial charge on any atom is 0.253 e. The fourth-order valence-corrected chi connectivity index (χ4v) is 4.44. The van der Waals surface area contributed by atoms with Gasteiger partial charge in [0.25, 0.3) is 5.91 Å². The SMILES string of the molecule is CS(=O)(=O)Nc1cc(C(=O)N2CCC(C(=O)c3ccc(Cl)c(Cl)c3)CC2)ccc1Cl. The van der Waals surface area contributed by atoms with Crippen molar-refractivity contribution in [3.63, 3.8) is 0 Å². The van der Waals surface area contributed by atoms with E-state index in [1.807, 2.05) is 0 Å². The van der Waals surface area contributed by atoms with Crippen LogP contribution in [0.5, 0.6) is 0 Å². The second kappa shape index (κ2) is 9.14. The Balaban J connectivity index is 1.67. The summed E-state index contributed by atoms with van der Waals surface area (Å²) in [6.07, 6.45) is 2.05. The largest absolute Gasteiger partial charge is 0.339 e. The van der Waals surface area contributed by atoms with Crippen molar-refractivity contribution in [3.05, 3.63) is 62.6 Å². The molecule has 0 aromatic heterocycles. The number of likely N-dealkylation sites (tertiary alicyclic amines) is 1. The highest BCUT2D eigenvalue weighted by Gasteiger charge is 2.29. The zero-order valence-electron chi connectivity index (χ0n) is 16.0. The van der Waals surface area contributed by atoms with E-state index < -0.39 is 10.0 Å². The van der Waals surface area contributed by atoms with Crippen LogP contribution in [0.15, 0.2) is 36.4 Å². The lowest BCUT2D eigenvalue weighted by Crippen LogP contribution is -2.40. The molecule has 3 rings (SSSR count). The Bertz CT molecular complexity index is 1100. The molecule has 1 aliphatic heterocycles. The molecule has 0 unspecified atom stereocenters. The van der Waals surface area contributed by atoms with E-state index in [2.05, 4.69) is 4.72 Å². The molecule has 0 saturated carbocycles. The van der Waals surface area contributed by atoms with Crippen LogP contribution in [0.4, 0.5) is 5.69 Å². The third-order valence-corrected chi connectivity index (χ3v) is 6.53. The van der Waals surface area contributed by atoms with Gasteiger partial charge >= 0.3 is 0 Å². The van der Waals surface area contributed by atoms with E-state index in [-0.39, 0.29) is 28.3 Å². The standard InChI is InChI=1S/C20H19Cl3N2O4S/c1-30(28,29)24-18-11-14(3-5-16(18)22)20(27)25-8-6-12(7-9-25)19(26)13-2-4-15(21)17(23)10-13/h2-5,10-12,24H,6-9H2,1H3. The summed E-state index contributed by atoms with van der Waals surface area (Å²) in [4.78, 5) is 27.2. The van der Waals surface area contributed by atoms with Gasteiger partial charge in [0.2, 0.25) is 10.0 Å². The number of carbonyl (C=O) groups is 2. The number of amides is 1. The number of Topliss-reactive ketones (excluding diaryl/α,β-unsaturated/α-hetero) is 1. The predicted molar refractivity (Wildman–Crippen MR) is 119 cm³/mol. The molecule has 30 heavy (non-hydrogen) atoms. The molecule has 0 aliphatic carbocycles. The summed E-state index contributed by atoms with van der Waals surface area (Å²) in [6.45, 7) is 0.821. The average molecular weight is 490 g/mol. The average Bonchev–Trinajstić information content (AvgIpc) is 2.70. The fourth-order valence-electron chi connectivity index (χ4n) is 3.35. The molecule has 10 heteroatoms. The molecule has 1 saturated heterocycles. The molecule has 0 radical (unpaired) electrons. The van der Waals surface area contributed by atoms with Gasteiger partial charge < -0.3 is 4.90 Å². The summed E-state index contributed by atoms with van der Waals surface area (Å²) >= 11 is 17.9. The summed E-state index contributed by atoms with van der Waals surface area (Å²) in [6, 6.07) is 9.25. The van der Waals surface area contributed by atoms with E-state index in [4.69, 9.17) is 34.8 Å². The number of piperidine rings is 1. The molecule has 1 heterocycles. The predicted octanol–water partition coefficient (Wildman–Crippen LogP) is 4.75. The first-order chi connectivity index (χ1) is 14.0. The Morgan fingerprint density at radius 1 is 0.933 bits per heavy atom.